The number of carboxylic acids is 1. The van der Waals surface area contributed by atoms with Crippen molar-refractivity contribution >= 4 is 12.0 Å². The van der Waals surface area contributed by atoms with Gasteiger partial charge in [-0.05, 0) is 19.4 Å². The summed E-state index contributed by atoms with van der Waals surface area (Å²) < 4.78 is 1.92. The molecule has 1 aliphatic heterocycles. The summed E-state index contributed by atoms with van der Waals surface area (Å²) in [7, 11) is 0. The van der Waals surface area contributed by atoms with E-state index in [0.29, 0.717) is 26.1 Å². The molecule has 2 N–H and O–H groups in total. The Morgan fingerprint density at radius 3 is 2.90 bits per heavy atom. The number of aliphatic carboxylic acids is 1. The van der Waals surface area contributed by atoms with Crippen molar-refractivity contribution in [3.8, 4) is 0 Å². The second-order valence-corrected chi connectivity index (χ2v) is 5.45. The summed E-state index contributed by atoms with van der Waals surface area (Å²) in [5, 5.41) is 16.1. The van der Waals surface area contributed by atoms with Crippen LogP contribution in [0.4, 0.5) is 4.79 Å². The summed E-state index contributed by atoms with van der Waals surface area (Å²) in [4.78, 5) is 24.8. The van der Waals surface area contributed by atoms with Gasteiger partial charge in [-0.15, -0.1) is 0 Å². The molecule has 0 aliphatic carbocycles. The second kappa shape index (κ2) is 6.60. The average Bonchev–Trinajstić information content (AvgIpc) is 2.77. The number of hydrogen-bond acceptors (Lipinski definition) is 3. The highest BCUT2D eigenvalue weighted by Crippen LogP contribution is 2.14. The fourth-order valence-electron chi connectivity index (χ4n) is 2.63. The Hall–Kier alpha value is -2.05. The average molecular weight is 294 g/mol. The van der Waals surface area contributed by atoms with Gasteiger partial charge in [-0.2, -0.15) is 5.10 Å². The van der Waals surface area contributed by atoms with Gasteiger partial charge >= 0.3 is 12.0 Å². The number of amides is 2. The van der Waals surface area contributed by atoms with E-state index in [-0.39, 0.29) is 18.5 Å². The van der Waals surface area contributed by atoms with Gasteiger partial charge in [0.15, 0.2) is 0 Å². The van der Waals surface area contributed by atoms with Crippen LogP contribution in [0.3, 0.4) is 0 Å². The number of carboxylic acid groups (broad SMARTS) is 1. The molecule has 1 aliphatic rings. The summed E-state index contributed by atoms with van der Waals surface area (Å²) in [5.74, 6) is -0.888. The van der Waals surface area contributed by atoms with Crippen LogP contribution in [0, 0.1) is 6.92 Å². The Balaban J connectivity index is 1.95. The fraction of sp³-hybridized carbons (Fsp3) is 0.643. The van der Waals surface area contributed by atoms with Gasteiger partial charge in [0.25, 0.3) is 0 Å². The monoisotopic (exact) mass is 294 g/mol. The molecule has 0 spiro atoms. The zero-order valence-electron chi connectivity index (χ0n) is 12.5. The van der Waals surface area contributed by atoms with Gasteiger partial charge in [0, 0.05) is 12.6 Å². The SMILES string of the molecule is CCC[C@@H](CC(=O)O)NC(=O)N1CCn2nc(C)cc2C1. The van der Waals surface area contributed by atoms with E-state index < -0.39 is 5.97 Å². The van der Waals surface area contributed by atoms with Crippen molar-refractivity contribution in [1.82, 2.24) is 20.0 Å². The van der Waals surface area contributed by atoms with Gasteiger partial charge in [-0.25, -0.2) is 4.79 Å². The Bertz CT molecular complexity index is 526. The van der Waals surface area contributed by atoms with Crippen molar-refractivity contribution in [3.05, 3.63) is 17.5 Å². The first kappa shape index (κ1) is 15.3. The number of aromatic nitrogens is 2. The number of carbonyl (C=O) groups excluding carboxylic acids is 1. The minimum Gasteiger partial charge on any atom is -0.481 e. The van der Waals surface area contributed by atoms with Crippen LogP contribution in [-0.2, 0) is 17.9 Å². The minimum absolute atomic E-state index is 0.0372. The lowest BCUT2D eigenvalue weighted by Crippen LogP contribution is -2.48. The molecule has 2 amide bonds. The number of hydrogen-bond donors (Lipinski definition) is 2. The van der Waals surface area contributed by atoms with Crippen LogP contribution in [-0.4, -0.2) is 44.4 Å². The molecule has 0 unspecified atom stereocenters. The van der Waals surface area contributed by atoms with Crippen LogP contribution in [0.2, 0.25) is 0 Å². The van der Waals surface area contributed by atoms with Gasteiger partial charge in [0.2, 0.25) is 0 Å². The van der Waals surface area contributed by atoms with E-state index in [1.165, 1.54) is 0 Å². The standard InChI is InChI=1S/C14H22N4O3/c1-3-4-11(8-13(19)20)15-14(21)17-5-6-18-12(9-17)7-10(2)16-18/h7,11H,3-6,8-9H2,1-2H3,(H,15,21)(H,19,20)/t11-/m0/s1. The molecule has 2 rings (SSSR count). The third-order valence-corrected chi connectivity index (χ3v) is 3.59. The number of rotatable bonds is 5. The van der Waals surface area contributed by atoms with Crippen LogP contribution in [0.15, 0.2) is 6.07 Å². The first-order chi connectivity index (χ1) is 9.99. The molecule has 0 bridgehead atoms. The molecule has 116 valence electrons. The lowest BCUT2D eigenvalue weighted by atomic mass is 10.1. The second-order valence-electron chi connectivity index (χ2n) is 5.45. The predicted octanol–water partition coefficient (Wildman–Crippen LogP) is 1.36. The summed E-state index contributed by atoms with van der Waals surface area (Å²) in [5.41, 5.74) is 1.96. The molecule has 1 atom stereocenters. The molecule has 0 saturated heterocycles. The van der Waals surface area contributed by atoms with Gasteiger partial charge in [-0.3, -0.25) is 9.48 Å². The lowest BCUT2D eigenvalue weighted by molar-refractivity contribution is -0.137. The molecule has 0 aromatic carbocycles. The number of nitrogens with one attached hydrogen (secondary N) is 1. The molecule has 1 aromatic rings. The van der Waals surface area contributed by atoms with Crippen molar-refractivity contribution in [2.24, 2.45) is 0 Å². The molecule has 0 saturated carbocycles. The van der Waals surface area contributed by atoms with Gasteiger partial charge in [-0.1, -0.05) is 13.3 Å². The number of nitrogens with zero attached hydrogens (tertiary/aromatic N) is 3. The molecule has 0 fully saturated rings. The van der Waals surface area contributed by atoms with Crippen LogP contribution in [0.25, 0.3) is 0 Å². The quantitative estimate of drug-likeness (QED) is 0.858. The maximum atomic E-state index is 12.3. The minimum atomic E-state index is -0.888. The van der Waals surface area contributed by atoms with Gasteiger partial charge in [0.1, 0.15) is 0 Å². The zero-order chi connectivity index (χ0) is 15.4. The Morgan fingerprint density at radius 2 is 2.24 bits per heavy atom. The van der Waals surface area contributed by atoms with Crippen molar-refractivity contribution < 1.29 is 14.7 Å². The lowest BCUT2D eigenvalue weighted by Gasteiger charge is -2.29. The summed E-state index contributed by atoms with van der Waals surface area (Å²) in [6.45, 7) is 5.68. The predicted molar refractivity (Wildman–Crippen MR) is 76.9 cm³/mol. The van der Waals surface area contributed by atoms with E-state index in [2.05, 4.69) is 10.4 Å². The Morgan fingerprint density at radius 1 is 1.48 bits per heavy atom. The number of carbonyl (C=O) groups is 2. The highest BCUT2D eigenvalue weighted by atomic mass is 16.4. The maximum Gasteiger partial charge on any atom is 0.318 e. The zero-order valence-corrected chi connectivity index (χ0v) is 12.5. The largest absolute Gasteiger partial charge is 0.481 e. The van der Waals surface area contributed by atoms with Gasteiger partial charge in [0.05, 0.1) is 30.9 Å². The highest BCUT2D eigenvalue weighted by molar-refractivity contribution is 5.76. The highest BCUT2D eigenvalue weighted by Gasteiger charge is 2.24. The maximum absolute atomic E-state index is 12.3. The van der Waals surface area contributed by atoms with Crippen molar-refractivity contribution in [2.75, 3.05) is 6.54 Å². The number of urea groups is 1. The number of fused-ring (bicyclic) bond motifs is 1. The fourth-order valence-corrected chi connectivity index (χ4v) is 2.63. The summed E-state index contributed by atoms with van der Waals surface area (Å²) in [6.07, 6.45) is 1.47. The molecule has 21 heavy (non-hydrogen) atoms. The third kappa shape index (κ3) is 3.96. The smallest absolute Gasteiger partial charge is 0.318 e. The van der Waals surface area contributed by atoms with Crippen LogP contribution < -0.4 is 5.32 Å². The third-order valence-electron chi connectivity index (χ3n) is 3.59. The Labute approximate surface area is 123 Å². The molecular weight excluding hydrogens is 272 g/mol. The van der Waals surface area contributed by atoms with Gasteiger partial charge < -0.3 is 15.3 Å². The van der Waals surface area contributed by atoms with E-state index in [0.717, 1.165) is 17.8 Å². The molecule has 2 heterocycles. The van der Waals surface area contributed by atoms with Crippen LogP contribution in [0.5, 0.6) is 0 Å². The van der Waals surface area contributed by atoms with E-state index in [1.807, 2.05) is 24.6 Å². The van der Waals surface area contributed by atoms with E-state index in [9.17, 15) is 9.59 Å². The normalized spacial score (nSPS) is 15.4. The molecular formula is C14H22N4O3. The number of aryl methyl sites for hydroxylation is 1. The van der Waals surface area contributed by atoms with E-state index in [4.69, 9.17) is 5.11 Å². The van der Waals surface area contributed by atoms with Crippen LogP contribution >= 0.6 is 0 Å². The van der Waals surface area contributed by atoms with Crippen molar-refractivity contribution in [1.29, 1.82) is 0 Å². The first-order valence-electron chi connectivity index (χ1n) is 7.30. The van der Waals surface area contributed by atoms with Crippen molar-refractivity contribution in [3.63, 3.8) is 0 Å². The van der Waals surface area contributed by atoms with Crippen LogP contribution in [0.1, 0.15) is 37.6 Å². The van der Waals surface area contributed by atoms with E-state index >= 15 is 0 Å². The molecule has 7 heteroatoms. The molecule has 0 radical (unpaired) electrons. The first-order valence-corrected chi connectivity index (χ1v) is 7.30. The topological polar surface area (TPSA) is 87.5 Å². The molecule has 7 nitrogen and oxygen atoms in total. The molecule has 1 aromatic heterocycles. The Kier molecular flexibility index (Phi) is 4.82. The van der Waals surface area contributed by atoms with E-state index in [1.54, 1.807) is 4.90 Å². The summed E-state index contributed by atoms with van der Waals surface area (Å²) >= 11 is 0. The summed E-state index contributed by atoms with van der Waals surface area (Å²) in [6, 6.07) is 1.47. The van der Waals surface area contributed by atoms with Crippen molar-refractivity contribution in [2.45, 2.75) is 52.2 Å².